The second-order valence-corrected chi connectivity index (χ2v) is 4.81. The molecule has 0 radical (unpaired) electrons. The van der Waals surface area contributed by atoms with E-state index >= 15 is 0 Å². The van der Waals surface area contributed by atoms with Crippen LogP contribution in [0, 0.1) is 25.3 Å². The Bertz CT molecular complexity index is 260. The fourth-order valence-corrected chi connectivity index (χ4v) is 2.08. The first-order valence-electron chi connectivity index (χ1n) is 7.92. The Hall–Kier alpha value is -0.0277. The van der Waals surface area contributed by atoms with Crippen molar-refractivity contribution in [1.82, 2.24) is 0 Å². The molecule has 0 atom stereocenters. The molecule has 2 fully saturated rings. The van der Waals surface area contributed by atoms with E-state index in [9.17, 15) is 0 Å². The maximum atomic E-state index is 5.19. The minimum Gasteiger partial charge on any atom is -0.519 e. The molecule has 0 aromatic heterocycles. The van der Waals surface area contributed by atoms with Gasteiger partial charge in [0, 0.05) is 26.2 Å². The molecule has 0 aliphatic heterocycles. The summed E-state index contributed by atoms with van der Waals surface area (Å²) in [6.45, 7) is 2.70. The number of rotatable bonds is 2. The molecule has 1 aromatic rings. The van der Waals surface area contributed by atoms with E-state index in [0.717, 1.165) is 12.4 Å². The molecule has 0 unspecified atom stereocenters. The fraction of sp³-hybridized carbons (Fsp3) is 0.526. The van der Waals surface area contributed by atoms with Crippen LogP contribution in [0.5, 0.6) is 5.75 Å². The molecule has 3 heteroatoms. The predicted octanol–water partition coefficient (Wildman–Crippen LogP) is 6.43. The van der Waals surface area contributed by atoms with Gasteiger partial charge < -0.3 is 29.2 Å². The Balaban J connectivity index is 0. The largest absolute Gasteiger partial charge is 0.519 e. The van der Waals surface area contributed by atoms with Crippen LogP contribution in [0.25, 0.3) is 0 Å². The van der Waals surface area contributed by atoms with Crippen molar-refractivity contribution < 1.29 is 25.2 Å². The molecular formula is C19H29ClOPd-4. The molecule has 132 valence electrons. The van der Waals surface area contributed by atoms with Crippen LogP contribution in [-0.4, -0.2) is 6.61 Å². The van der Waals surface area contributed by atoms with Gasteiger partial charge in [-0.1, -0.05) is 25.7 Å². The molecular weight excluding hydrogens is 386 g/mol. The molecule has 3 rings (SSSR count). The molecule has 0 saturated heterocycles. The van der Waals surface area contributed by atoms with Crippen LogP contribution in [0.1, 0.15) is 58.3 Å². The summed E-state index contributed by atoms with van der Waals surface area (Å²) >= 11 is 4.39. The summed E-state index contributed by atoms with van der Waals surface area (Å²) < 4.78 is 5.19. The first-order chi connectivity index (χ1) is 10.4. The summed E-state index contributed by atoms with van der Waals surface area (Å²) in [6, 6.07) is 10.4. The standard InChI is InChI=1S/C8H9O.2C5H9.CH2Cl.Pd/c1-2-9-8-6-4-3-5-7-8;2*1-2-4-5-3-1;1-2;/h4-7H,2H2,1H3;2*1H,2-5H2;1H2;/q4*-1;. The van der Waals surface area contributed by atoms with Crippen LogP contribution in [0.3, 0.4) is 0 Å². The van der Waals surface area contributed by atoms with Gasteiger partial charge in [0.15, 0.2) is 0 Å². The number of benzene rings is 1. The van der Waals surface area contributed by atoms with Crippen LogP contribution in [-0.2, 0) is 20.4 Å². The molecule has 2 saturated carbocycles. The normalized spacial score (nSPS) is 14.9. The summed E-state index contributed by atoms with van der Waals surface area (Å²) in [5.74, 6) is 0.913. The van der Waals surface area contributed by atoms with Crippen LogP contribution in [0.15, 0.2) is 24.3 Å². The van der Waals surface area contributed by atoms with E-state index in [4.69, 9.17) is 4.74 Å². The molecule has 22 heavy (non-hydrogen) atoms. The molecule has 2 aliphatic carbocycles. The van der Waals surface area contributed by atoms with E-state index in [1.54, 1.807) is 0 Å². The molecule has 0 heterocycles. The van der Waals surface area contributed by atoms with Crippen molar-refractivity contribution in [2.24, 2.45) is 0 Å². The van der Waals surface area contributed by atoms with E-state index < -0.39 is 0 Å². The van der Waals surface area contributed by atoms with Crippen LogP contribution < -0.4 is 4.74 Å². The molecule has 0 amide bonds. The smallest absolute Gasteiger partial charge is 0.0822 e. The Morgan fingerprint density at radius 2 is 1.41 bits per heavy atom. The molecule has 1 aromatic carbocycles. The van der Waals surface area contributed by atoms with Gasteiger partial charge in [-0.2, -0.15) is 43.9 Å². The van der Waals surface area contributed by atoms with Gasteiger partial charge in [0.05, 0.1) is 6.61 Å². The number of ether oxygens (including phenoxy) is 1. The van der Waals surface area contributed by atoms with Gasteiger partial charge in [-0.25, -0.2) is 0 Å². The number of hydrogen-bond acceptors (Lipinski definition) is 1. The van der Waals surface area contributed by atoms with E-state index in [0.29, 0.717) is 0 Å². The van der Waals surface area contributed by atoms with Gasteiger partial charge in [-0.15, -0.1) is 12.1 Å². The Morgan fingerprint density at radius 3 is 1.68 bits per heavy atom. The van der Waals surface area contributed by atoms with Gasteiger partial charge in [0.2, 0.25) is 0 Å². The third-order valence-electron chi connectivity index (χ3n) is 3.13. The molecule has 0 spiro atoms. The van der Waals surface area contributed by atoms with Gasteiger partial charge >= 0.3 is 0 Å². The van der Waals surface area contributed by atoms with Crippen molar-refractivity contribution in [2.45, 2.75) is 58.3 Å². The SMILES string of the molecule is CCOc1cc[c-]cc1.[CH-]1CCCC1.[CH-]1CCCC1.[CH2-]Cl.[Pd]. The summed E-state index contributed by atoms with van der Waals surface area (Å²) in [4.78, 5) is 0. The zero-order valence-corrected chi connectivity index (χ0v) is 15.9. The van der Waals surface area contributed by atoms with Crippen LogP contribution in [0.4, 0.5) is 0 Å². The second kappa shape index (κ2) is 21.0. The maximum Gasteiger partial charge on any atom is 0.0822 e. The Kier molecular flexibility index (Phi) is 23.1. The van der Waals surface area contributed by atoms with Gasteiger partial charge in [0.25, 0.3) is 0 Å². The molecule has 1 nitrogen and oxygen atoms in total. The van der Waals surface area contributed by atoms with E-state index in [-0.39, 0.29) is 20.4 Å². The van der Waals surface area contributed by atoms with Crippen molar-refractivity contribution in [3.8, 4) is 5.75 Å². The molecule has 0 bridgehead atoms. The van der Waals surface area contributed by atoms with Crippen molar-refractivity contribution >= 4 is 11.6 Å². The third kappa shape index (κ3) is 16.3. The topological polar surface area (TPSA) is 9.23 Å². The van der Waals surface area contributed by atoms with E-state index in [1.807, 2.05) is 31.2 Å². The van der Waals surface area contributed by atoms with Gasteiger partial charge in [0.1, 0.15) is 0 Å². The minimum atomic E-state index is 0. The summed E-state index contributed by atoms with van der Waals surface area (Å²) in [6.07, 6.45) is 18.7. The number of halogens is 1. The van der Waals surface area contributed by atoms with Crippen molar-refractivity contribution in [2.75, 3.05) is 6.61 Å². The maximum absolute atomic E-state index is 5.19. The summed E-state index contributed by atoms with van der Waals surface area (Å²) in [5.41, 5.74) is 0. The van der Waals surface area contributed by atoms with E-state index in [1.165, 1.54) is 51.4 Å². The van der Waals surface area contributed by atoms with Crippen LogP contribution in [0.2, 0.25) is 0 Å². The van der Waals surface area contributed by atoms with Crippen LogP contribution >= 0.6 is 11.6 Å². The zero-order valence-electron chi connectivity index (χ0n) is 13.6. The fourth-order valence-electron chi connectivity index (χ4n) is 2.08. The third-order valence-corrected chi connectivity index (χ3v) is 3.13. The monoisotopic (exact) mass is 414 g/mol. The molecule has 2 aliphatic rings. The zero-order chi connectivity index (χ0) is 15.6. The summed E-state index contributed by atoms with van der Waals surface area (Å²) in [7, 11) is 0. The quantitative estimate of drug-likeness (QED) is 0.400. The minimum absolute atomic E-state index is 0. The van der Waals surface area contributed by atoms with Crippen molar-refractivity contribution in [3.63, 3.8) is 0 Å². The van der Waals surface area contributed by atoms with Crippen molar-refractivity contribution in [1.29, 1.82) is 0 Å². The first-order valence-corrected chi connectivity index (χ1v) is 8.46. The predicted molar refractivity (Wildman–Crippen MR) is 93.2 cm³/mol. The number of hydrogen-bond donors (Lipinski definition) is 0. The van der Waals surface area contributed by atoms with E-state index in [2.05, 4.69) is 36.9 Å². The van der Waals surface area contributed by atoms with Crippen molar-refractivity contribution in [3.05, 3.63) is 49.6 Å². The molecule has 0 N–H and O–H groups in total. The first kappa shape index (κ1) is 24.2. The van der Waals surface area contributed by atoms with Gasteiger partial charge in [-0.3, -0.25) is 6.38 Å². The second-order valence-electron chi connectivity index (χ2n) is 4.81. The Morgan fingerprint density at radius 1 is 1.00 bits per heavy atom. The Labute approximate surface area is 156 Å². The summed E-state index contributed by atoms with van der Waals surface area (Å²) in [5, 5.41) is 0. The average molecular weight is 415 g/mol. The average Bonchev–Trinajstić information content (AvgIpc) is 3.29. The van der Waals surface area contributed by atoms with Gasteiger partial charge in [-0.05, 0) is 6.92 Å².